The van der Waals surface area contributed by atoms with Crippen LogP contribution in [0.15, 0.2) is 34.8 Å². The highest BCUT2D eigenvalue weighted by Gasteiger charge is 2.12. The Morgan fingerprint density at radius 1 is 1.38 bits per heavy atom. The van der Waals surface area contributed by atoms with Crippen LogP contribution in [0.5, 0.6) is 0 Å². The summed E-state index contributed by atoms with van der Waals surface area (Å²) in [4.78, 5) is 40.9. The fourth-order valence-electron chi connectivity index (χ4n) is 2.12. The summed E-state index contributed by atoms with van der Waals surface area (Å²) in [7, 11) is 1.67. The zero-order chi connectivity index (χ0) is 17.1. The maximum absolute atomic E-state index is 12.2. The molecule has 24 heavy (non-hydrogen) atoms. The van der Waals surface area contributed by atoms with Gasteiger partial charge < -0.3 is 5.32 Å². The number of aromatic nitrogens is 4. The number of nitrogens with zero attached hydrogens (tertiary/aromatic N) is 4. The molecular formula is C14H14N6O3S. The van der Waals surface area contributed by atoms with Crippen LogP contribution in [0.2, 0.25) is 0 Å². The monoisotopic (exact) mass is 346 g/mol. The van der Waals surface area contributed by atoms with Gasteiger partial charge in [0, 0.05) is 11.9 Å². The largest absolute Gasteiger partial charge is 0.333 e. The first-order chi connectivity index (χ1) is 11.5. The first-order valence-corrected chi connectivity index (χ1v) is 7.90. The smallest absolute Gasteiger partial charge is 0.321 e. The molecule has 3 heterocycles. The van der Waals surface area contributed by atoms with Gasteiger partial charge in [0.1, 0.15) is 18.3 Å². The number of imide groups is 1. The first-order valence-electron chi connectivity index (χ1n) is 7.02. The molecule has 0 bridgehead atoms. The quantitative estimate of drug-likeness (QED) is 0.702. The number of thiophene rings is 1. The summed E-state index contributed by atoms with van der Waals surface area (Å²) in [5.74, 6) is -0.606. The Morgan fingerprint density at radius 2 is 2.21 bits per heavy atom. The molecule has 0 saturated carbocycles. The second kappa shape index (κ2) is 6.62. The van der Waals surface area contributed by atoms with Gasteiger partial charge in [-0.3, -0.25) is 24.2 Å². The predicted molar refractivity (Wildman–Crippen MR) is 87.5 cm³/mol. The Bertz CT molecular complexity index is 943. The molecule has 0 aliphatic carbocycles. The second-order valence-electron chi connectivity index (χ2n) is 4.99. The lowest BCUT2D eigenvalue weighted by atomic mass is 10.4. The highest BCUT2D eigenvalue weighted by Crippen LogP contribution is 2.07. The third kappa shape index (κ3) is 3.33. The van der Waals surface area contributed by atoms with Crippen molar-refractivity contribution in [2.45, 2.75) is 13.1 Å². The molecule has 0 unspecified atom stereocenters. The van der Waals surface area contributed by atoms with Crippen molar-refractivity contribution >= 4 is 34.3 Å². The molecule has 0 atom stereocenters. The van der Waals surface area contributed by atoms with Crippen LogP contribution < -0.4 is 16.2 Å². The van der Waals surface area contributed by atoms with E-state index in [1.165, 1.54) is 28.5 Å². The molecule has 2 N–H and O–H groups in total. The molecule has 3 amide bonds. The lowest BCUT2D eigenvalue weighted by Gasteiger charge is -2.07. The average Bonchev–Trinajstić information content (AvgIpc) is 3.18. The van der Waals surface area contributed by atoms with Crippen molar-refractivity contribution in [1.82, 2.24) is 30.0 Å². The number of hydrogen-bond acceptors (Lipinski definition) is 6. The summed E-state index contributed by atoms with van der Waals surface area (Å²) in [6, 6.07) is 3.14. The Morgan fingerprint density at radius 3 is 2.96 bits per heavy atom. The van der Waals surface area contributed by atoms with Gasteiger partial charge in [0.2, 0.25) is 5.91 Å². The SMILES string of the molecule is Cn1ncc2c(=O)n(CC(=O)NC(=O)NCc3cccs3)cnc21. The van der Waals surface area contributed by atoms with Crippen LogP contribution >= 0.6 is 11.3 Å². The molecule has 3 aromatic rings. The fraction of sp³-hybridized carbons (Fsp3) is 0.214. The fourth-order valence-corrected chi connectivity index (χ4v) is 2.77. The first kappa shape index (κ1) is 15.9. The standard InChI is InChI=1S/C14H14N6O3S/c1-19-12-10(6-17-19)13(22)20(8-16-12)7-11(21)18-14(23)15-5-9-3-2-4-24-9/h2-4,6,8H,5,7H2,1H3,(H2,15,18,21,23). The Hall–Kier alpha value is -3.01. The summed E-state index contributed by atoms with van der Waals surface area (Å²) < 4.78 is 2.60. The lowest BCUT2D eigenvalue weighted by Crippen LogP contribution is -2.41. The van der Waals surface area contributed by atoms with Crippen molar-refractivity contribution in [3.63, 3.8) is 0 Å². The van der Waals surface area contributed by atoms with Gasteiger partial charge in [-0.2, -0.15) is 5.10 Å². The van der Waals surface area contributed by atoms with Crippen LogP contribution in [0.3, 0.4) is 0 Å². The number of fused-ring (bicyclic) bond motifs is 1. The molecular weight excluding hydrogens is 332 g/mol. The van der Waals surface area contributed by atoms with E-state index in [-0.39, 0.29) is 12.1 Å². The minimum absolute atomic E-state index is 0.302. The van der Waals surface area contributed by atoms with Crippen LogP contribution in [-0.2, 0) is 24.9 Å². The van der Waals surface area contributed by atoms with E-state index in [9.17, 15) is 14.4 Å². The predicted octanol–water partition coefficient (Wildman–Crippen LogP) is 0.217. The third-order valence-electron chi connectivity index (χ3n) is 3.29. The Labute approximate surface area is 139 Å². The normalized spacial score (nSPS) is 10.7. The van der Waals surface area contributed by atoms with Gasteiger partial charge in [-0.1, -0.05) is 6.07 Å². The van der Waals surface area contributed by atoms with E-state index in [1.807, 2.05) is 17.5 Å². The number of nitrogens with one attached hydrogen (secondary N) is 2. The van der Waals surface area contributed by atoms with Crippen molar-refractivity contribution in [1.29, 1.82) is 0 Å². The molecule has 0 fully saturated rings. The van der Waals surface area contributed by atoms with Crippen LogP contribution in [-0.4, -0.2) is 31.3 Å². The summed E-state index contributed by atoms with van der Waals surface area (Å²) in [5.41, 5.74) is 0.0487. The Balaban J connectivity index is 1.61. The van der Waals surface area contributed by atoms with E-state index < -0.39 is 11.9 Å². The van der Waals surface area contributed by atoms with Crippen LogP contribution in [0, 0.1) is 0 Å². The molecule has 0 spiro atoms. The number of hydrogen-bond donors (Lipinski definition) is 2. The summed E-state index contributed by atoms with van der Waals surface area (Å²) in [6.07, 6.45) is 2.66. The van der Waals surface area contributed by atoms with E-state index in [1.54, 1.807) is 7.05 Å². The molecule has 0 aliphatic heterocycles. The van der Waals surface area contributed by atoms with E-state index in [0.29, 0.717) is 17.6 Å². The van der Waals surface area contributed by atoms with E-state index >= 15 is 0 Å². The van der Waals surface area contributed by atoms with Crippen molar-refractivity contribution in [2.75, 3.05) is 0 Å². The molecule has 0 aliphatic rings. The summed E-state index contributed by atoms with van der Waals surface area (Å²) in [6.45, 7) is 0.0308. The molecule has 0 radical (unpaired) electrons. The third-order valence-corrected chi connectivity index (χ3v) is 4.16. The molecule has 3 aromatic heterocycles. The van der Waals surface area contributed by atoms with E-state index in [0.717, 1.165) is 9.44 Å². The maximum atomic E-state index is 12.2. The van der Waals surface area contributed by atoms with Crippen LogP contribution in [0.1, 0.15) is 4.88 Å². The highest BCUT2D eigenvalue weighted by atomic mass is 32.1. The Kier molecular flexibility index (Phi) is 4.38. The van der Waals surface area contributed by atoms with Gasteiger partial charge in [-0.25, -0.2) is 9.78 Å². The average molecular weight is 346 g/mol. The topological polar surface area (TPSA) is 111 Å². The number of carbonyl (C=O) groups is 2. The van der Waals surface area contributed by atoms with Gasteiger partial charge in [0.15, 0.2) is 5.65 Å². The molecule has 3 rings (SSSR count). The van der Waals surface area contributed by atoms with Gasteiger partial charge in [0.05, 0.1) is 12.7 Å². The van der Waals surface area contributed by atoms with Gasteiger partial charge in [-0.15, -0.1) is 11.3 Å². The number of carbonyl (C=O) groups excluding carboxylic acids is 2. The zero-order valence-corrected chi connectivity index (χ0v) is 13.5. The number of rotatable bonds is 4. The van der Waals surface area contributed by atoms with Gasteiger partial charge in [0.25, 0.3) is 5.56 Å². The zero-order valence-electron chi connectivity index (χ0n) is 12.7. The lowest BCUT2D eigenvalue weighted by molar-refractivity contribution is -0.120. The number of aryl methyl sites for hydroxylation is 1. The highest BCUT2D eigenvalue weighted by molar-refractivity contribution is 7.09. The second-order valence-corrected chi connectivity index (χ2v) is 6.03. The number of urea groups is 1. The van der Waals surface area contributed by atoms with Crippen molar-refractivity contribution < 1.29 is 9.59 Å². The molecule has 0 saturated heterocycles. The molecule has 0 aromatic carbocycles. The molecule has 9 nitrogen and oxygen atoms in total. The maximum Gasteiger partial charge on any atom is 0.321 e. The van der Waals surface area contributed by atoms with E-state index in [2.05, 4.69) is 20.7 Å². The minimum atomic E-state index is -0.614. The van der Waals surface area contributed by atoms with Crippen molar-refractivity contribution in [3.05, 3.63) is 45.3 Å². The van der Waals surface area contributed by atoms with Gasteiger partial charge >= 0.3 is 6.03 Å². The van der Waals surface area contributed by atoms with Gasteiger partial charge in [-0.05, 0) is 11.4 Å². The molecule has 124 valence electrons. The summed E-state index contributed by atoms with van der Waals surface area (Å²) >= 11 is 1.50. The van der Waals surface area contributed by atoms with E-state index in [4.69, 9.17) is 0 Å². The van der Waals surface area contributed by atoms with Crippen LogP contribution in [0.25, 0.3) is 11.0 Å². The van der Waals surface area contributed by atoms with Crippen LogP contribution in [0.4, 0.5) is 4.79 Å². The van der Waals surface area contributed by atoms with Crippen molar-refractivity contribution in [2.24, 2.45) is 7.05 Å². The minimum Gasteiger partial charge on any atom is -0.333 e. The number of amides is 3. The molecule has 10 heteroatoms. The summed E-state index contributed by atoms with van der Waals surface area (Å²) in [5, 5.41) is 10.9. The van der Waals surface area contributed by atoms with Crippen molar-refractivity contribution in [3.8, 4) is 0 Å².